The van der Waals surface area contributed by atoms with Gasteiger partial charge >= 0.3 is 0 Å². The van der Waals surface area contributed by atoms with Gasteiger partial charge in [-0.15, -0.1) is 0 Å². The first-order chi connectivity index (χ1) is 9.00. The summed E-state index contributed by atoms with van der Waals surface area (Å²) < 4.78 is 0. The summed E-state index contributed by atoms with van der Waals surface area (Å²) in [6.45, 7) is 4.35. The van der Waals surface area contributed by atoms with E-state index < -0.39 is 0 Å². The maximum atomic E-state index is 6.23. The molecule has 2 aliphatic rings. The smallest absolute Gasteiger partial charge is 0.0357 e. The molecule has 19 heavy (non-hydrogen) atoms. The summed E-state index contributed by atoms with van der Waals surface area (Å²) >= 11 is 0. The summed E-state index contributed by atoms with van der Waals surface area (Å²) in [5, 5.41) is 0. The van der Waals surface area contributed by atoms with E-state index >= 15 is 0 Å². The molecular weight excluding hydrogens is 234 g/mol. The Hall–Kier alpha value is -0.120. The van der Waals surface area contributed by atoms with Crippen molar-refractivity contribution in [1.29, 1.82) is 0 Å². The first-order valence-corrected chi connectivity index (χ1v) is 8.09. The number of hydrogen-bond acceptors (Lipinski definition) is 3. The van der Waals surface area contributed by atoms with Gasteiger partial charge in [0.25, 0.3) is 0 Å². The van der Waals surface area contributed by atoms with E-state index in [-0.39, 0.29) is 5.54 Å². The van der Waals surface area contributed by atoms with Gasteiger partial charge in [-0.3, -0.25) is 4.90 Å². The summed E-state index contributed by atoms with van der Waals surface area (Å²) in [6, 6.07) is 0. The van der Waals surface area contributed by atoms with Gasteiger partial charge in [0.2, 0.25) is 0 Å². The van der Waals surface area contributed by atoms with Crippen LogP contribution in [0.2, 0.25) is 0 Å². The average Bonchev–Trinajstić information content (AvgIpc) is 2.76. The average molecular weight is 267 g/mol. The lowest BCUT2D eigenvalue weighted by atomic mass is 9.73. The third-order valence-corrected chi connectivity index (χ3v) is 6.29. The third-order valence-electron chi connectivity index (χ3n) is 6.29. The van der Waals surface area contributed by atoms with Crippen LogP contribution in [0.1, 0.15) is 51.9 Å². The maximum Gasteiger partial charge on any atom is 0.0357 e. The highest BCUT2D eigenvalue weighted by Crippen LogP contribution is 2.44. The molecule has 2 N–H and O–H groups in total. The van der Waals surface area contributed by atoms with Crippen LogP contribution in [0.15, 0.2) is 0 Å². The Kier molecular flexibility index (Phi) is 4.59. The SMILES string of the molecule is CCC1CCCC1(CN)N(C)CC1(N(C)C)CCC1. The molecule has 0 spiro atoms. The molecule has 2 fully saturated rings. The van der Waals surface area contributed by atoms with E-state index in [9.17, 15) is 0 Å². The Balaban J connectivity index is 2.11. The number of likely N-dealkylation sites (N-methyl/N-ethyl adjacent to an activating group) is 2. The largest absolute Gasteiger partial charge is 0.329 e. The molecule has 2 saturated carbocycles. The minimum absolute atomic E-state index is 0.271. The number of nitrogens with zero attached hydrogens (tertiary/aromatic N) is 2. The molecule has 2 unspecified atom stereocenters. The van der Waals surface area contributed by atoms with Crippen LogP contribution >= 0.6 is 0 Å². The van der Waals surface area contributed by atoms with Gasteiger partial charge in [-0.05, 0) is 59.2 Å². The summed E-state index contributed by atoms with van der Waals surface area (Å²) in [7, 11) is 6.81. The van der Waals surface area contributed by atoms with Gasteiger partial charge in [0.05, 0.1) is 0 Å². The van der Waals surface area contributed by atoms with Crippen molar-refractivity contribution in [2.75, 3.05) is 34.2 Å². The second-order valence-electron chi connectivity index (χ2n) is 7.13. The molecule has 112 valence electrons. The normalized spacial score (nSPS) is 33.9. The Morgan fingerprint density at radius 2 is 1.79 bits per heavy atom. The zero-order valence-electron chi connectivity index (χ0n) is 13.4. The van der Waals surface area contributed by atoms with E-state index in [1.807, 2.05) is 0 Å². The molecule has 0 aromatic rings. The molecule has 0 bridgehead atoms. The molecule has 3 nitrogen and oxygen atoms in total. The van der Waals surface area contributed by atoms with Crippen molar-refractivity contribution in [2.45, 2.75) is 62.9 Å². The van der Waals surface area contributed by atoms with Gasteiger partial charge in [0.15, 0.2) is 0 Å². The zero-order valence-corrected chi connectivity index (χ0v) is 13.4. The van der Waals surface area contributed by atoms with Gasteiger partial charge in [0.1, 0.15) is 0 Å². The molecule has 0 amide bonds. The first kappa shape index (κ1) is 15.3. The second kappa shape index (κ2) is 5.71. The Morgan fingerprint density at radius 3 is 2.21 bits per heavy atom. The van der Waals surface area contributed by atoms with Crippen LogP contribution in [-0.2, 0) is 0 Å². The van der Waals surface area contributed by atoms with Crippen molar-refractivity contribution < 1.29 is 0 Å². The van der Waals surface area contributed by atoms with Crippen LogP contribution in [-0.4, -0.2) is 55.1 Å². The van der Waals surface area contributed by atoms with Crippen LogP contribution in [0.25, 0.3) is 0 Å². The highest BCUT2D eigenvalue weighted by Gasteiger charge is 2.48. The van der Waals surface area contributed by atoms with E-state index in [2.05, 4.69) is 37.9 Å². The van der Waals surface area contributed by atoms with E-state index in [1.54, 1.807) is 0 Å². The Morgan fingerprint density at radius 1 is 1.11 bits per heavy atom. The highest BCUT2D eigenvalue weighted by atomic mass is 15.3. The fourth-order valence-corrected chi connectivity index (χ4v) is 4.57. The molecule has 3 heteroatoms. The molecule has 2 atom stereocenters. The summed E-state index contributed by atoms with van der Waals surface area (Å²) in [5.41, 5.74) is 6.92. The monoisotopic (exact) mass is 267 g/mol. The minimum Gasteiger partial charge on any atom is -0.329 e. The van der Waals surface area contributed by atoms with Crippen LogP contribution in [0.5, 0.6) is 0 Å². The lowest BCUT2D eigenvalue weighted by Crippen LogP contribution is -2.63. The van der Waals surface area contributed by atoms with Gasteiger partial charge in [0, 0.05) is 24.2 Å². The van der Waals surface area contributed by atoms with Crippen LogP contribution in [0.3, 0.4) is 0 Å². The van der Waals surface area contributed by atoms with Gasteiger partial charge in [-0.1, -0.05) is 19.8 Å². The number of hydrogen-bond donors (Lipinski definition) is 1. The summed E-state index contributed by atoms with van der Waals surface area (Å²) in [6.07, 6.45) is 9.38. The van der Waals surface area contributed by atoms with E-state index in [0.29, 0.717) is 5.54 Å². The predicted molar refractivity (Wildman–Crippen MR) is 82.3 cm³/mol. The second-order valence-corrected chi connectivity index (χ2v) is 7.13. The van der Waals surface area contributed by atoms with Crippen LogP contribution in [0, 0.1) is 5.92 Å². The van der Waals surface area contributed by atoms with E-state index in [0.717, 1.165) is 12.5 Å². The van der Waals surface area contributed by atoms with Crippen LogP contribution < -0.4 is 5.73 Å². The molecule has 2 aliphatic carbocycles. The van der Waals surface area contributed by atoms with Gasteiger partial charge in [-0.2, -0.15) is 0 Å². The topological polar surface area (TPSA) is 32.5 Å². The molecule has 0 aromatic carbocycles. The lowest BCUT2D eigenvalue weighted by molar-refractivity contribution is -0.0199. The number of rotatable bonds is 6. The molecule has 0 heterocycles. The summed E-state index contributed by atoms with van der Waals surface area (Å²) in [5.74, 6) is 0.793. The first-order valence-electron chi connectivity index (χ1n) is 8.09. The molecule has 0 aromatic heterocycles. The fourth-order valence-electron chi connectivity index (χ4n) is 4.57. The third kappa shape index (κ3) is 2.45. The van der Waals surface area contributed by atoms with Crippen molar-refractivity contribution in [3.63, 3.8) is 0 Å². The fraction of sp³-hybridized carbons (Fsp3) is 1.00. The van der Waals surface area contributed by atoms with E-state index in [4.69, 9.17) is 5.73 Å². The van der Waals surface area contributed by atoms with Crippen molar-refractivity contribution in [1.82, 2.24) is 9.80 Å². The van der Waals surface area contributed by atoms with Gasteiger partial charge < -0.3 is 10.6 Å². The summed E-state index contributed by atoms with van der Waals surface area (Å²) in [4.78, 5) is 5.08. The van der Waals surface area contributed by atoms with E-state index in [1.165, 1.54) is 51.5 Å². The van der Waals surface area contributed by atoms with Crippen LogP contribution in [0.4, 0.5) is 0 Å². The lowest BCUT2D eigenvalue weighted by Gasteiger charge is -2.53. The molecule has 0 aliphatic heterocycles. The molecule has 0 saturated heterocycles. The minimum atomic E-state index is 0.271. The quantitative estimate of drug-likeness (QED) is 0.801. The van der Waals surface area contributed by atoms with Crippen molar-refractivity contribution in [2.24, 2.45) is 11.7 Å². The molecular formula is C16H33N3. The standard InChI is InChI=1S/C16H33N3/c1-5-14-8-6-11-16(14,12-17)19(4)13-15(18(2)3)9-7-10-15/h14H,5-13,17H2,1-4H3. The molecule has 0 radical (unpaired) electrons. The Labute approximate surface area is 119 Å². The molecule has 2 rings (SSSR count). The van der Waals surface area contributed by atoms with Crippen molar-refractivity contribution in [3.8, 4) is 0 Å². The highest BCUT2D eigenvalue weighted by molar-refractivity contribution is 5.05. The number of nitrogens with two attached hydrogens (primary N) is 1. The van der Waals surface area contributed by atoms with Crippen molar-refractivity contribution >= 4 is 0 Å². The van der Waals surface area contributed by atoms with Gasteiger partial charge in [-0.25, -0.2) is 0 Å². The maximum absolute atomic E-state index is 6.23. The predicted octanol–water partition coefficient (Wildman–Crippen LogP) is 2.31. The van der Waals surface area contributed by atoms with Crippen molar-refractivity contribution in [3.05, 3.63) is 0 Å². The zero-order chi connectivity index (χ0) is 14.1. The Bertz CT molecular complexity index is 298.